The molecule has 0 saturated heterocycles. The molecule has 2 aromatic heterocycles. The van der Waals surface area contributed by atoms with Crippen molar-refractivity contribution in [3.63, 3.8) is 0 Å². The molecular formula is C19H27N3O2. The van der Waals surface area contributed by atoms with E-state index in [9.17, 15) is 0 Å². The molecule has 3 rings (SSSR count). The van der Waals surface area contributed by atoms with Crippen LogP contribution < -0.4 is 10.6 Å². The molecule has 2 N–H and O–H groups in total. The molecule has 2 aromatic rings. The third-order valence-corrected chi connectivity index (χ3v) is 4.45. The van der Waals surface area contributed by atoms with Gasteiger partial charge in [0.15, 0.2) is 5.96 Å². The van der Waals surface area contributed by atoms with Crippen LogP contribution in [-0.4, -0.2) is 18.5 Å². The van der Waals surface area contributed by atoms with Crippen LogP contribution in [0.1, 0.15) is 55.9 Å². The van der Waals surface area contributed by atoms with Crippen molar-refractivity contribution in [3.05, 3.63) is 47.8 Å². The molecule has 1 aliphatic carbocycles. The maximum atomic E-state index is 5.72. The van der Waals surface area contributed by atoms with Gasteiger partial charge in [0.2, 0.25) is 0 Å². The lowest BCUT2D eigenvalue weighted by molar-refractivity contribution is 0.439. The average molecular weight is 329 g/mol. The van der Waals surface area contributed by atoms with Crippen molar-refractivity contribution in [1.82, 2.24) is 10.6 Å². The SMILES string of the molecule is Cc1ccc(C(C)NC(=NCCc2ccco2)NC2CCCC2)o1. The third kappa shape index (κ3) is 4.66. The number of furan rings is 2. The van der Waals surface area contributed by atoms with Crippen LogP contribution >= 0.6 is 0 Å². The normalized spacial score (nSPS) is 17.2. The van der Waals surface area contributed by atoms with Gasteiger partial charge in [-0.1, -0.05) is 12.8 Å². The number of aryl methyl sites for hydroxylation is 1. The van der Waals surface area contributed by atoms with Gasteiger partial charge in [-0.05, 0) is 51.0 Å². The summed E-state index contributed by atoms with van der Waals surface area (Å²) in [5.41, 5.74) is 0. The molecule has 0 aliphatic heterocycles. The zero-order valence-corrected chi connectivity index (χ0v) is 14.5. The van der Waals surface area contributed by atoms with Crippen molar-refractivity contribution in [3.8, 4) is 0 Å². The van der Waals surface area contributed by atoms with E-state index >= 15 is 0 Å². The van der Waals surface area contributed by atoms with E-state index in [4.69, 9.17) is 13.8 Å². The van der Waals surface area contributed by atoms with E-state index < -0.39 is 0 Å². The molecular weight excluding hydrogens is 302 g/mol. The highest BCUT2D eigenvalue weighted by molar-refractivity contribution is 5.80. The Kier molecular flexibility index (Phi) is 5.62. The summed E-state index contributed by atoms with van der Waals surface area (Å²) in [5.74, 6) is 3.68. The van der Waals surface area contributed by atoms with Gasteiger partial charge in [0, 0.05) is 19.0 Å². The zero-order valence-electron chi connectivity index (χ0n) is 14.5. The van der Waals surface area contributed by atoms with Crippen LogP contribution in [0.3, 0.4) is 0 Å². The van der Waals surface area contributed by atoms with Gasteiger partial charge < -0.3 is 19.5 Å². The standard InChI is InChI=1S/C19H27N3O2/c1-14-9-10-18(24-14)15(2)21-19(22-16-6-3-4-7-16)20-12-11-17-8-5-13-23-17/h5,8-10,13,15-16H,3-4,6-7,11-12H2,1-2H3,(H2,20,21,22). The van der Waals surface area contributed by atoms with E-state index in [1.807, 2.05) is 31.2 Å². The van der Waals surface area contributed by atoms with Crippen LogP contribution in [0.25, 0.3) is 0 Å². The number of nitrogens with zero attached hydrogens (tertiary/aromatic N) is 1. The molecule has 1 fully saturated rings. The van der Waals surface area contributed by atoms with Gasteiger partial charge in [-0.15, -0.1) is 0 Å². The summed E-state index contributed by atoms with van der Waals surface area (Å²) in [5, 5.41) is 7.04. The molecule has 130 valence electrons. The van der Waals surface area contributed by atoms with Crippen LogP contribution in [0.15, 0.2) is 44.4 Å². The van der Waals surface area contributed by atoms with Gasteiger partial charge in [0.25, 0.3) is 0 Å². The fourth-order valence-electron chi connectivity index (χ4n) is 3.09. The maximum absolute atomic E-state index is 5.72. The van der Waals surface area contributed by atoms with E-state index in [0.717, 1.165) is 29.7 Å². The van der Waals surface area contributed by atoms with Crippen LogP contribution in [0.5, 0.6) is 0 Å². The third-order valence-electron chi connectivity index (χ3n) is 4.45. The summed E-state index contributed by atoms with van der Waals surface area (Å²) in [6, 6.07) is 8.51. The minimum atomic E-state index is 0.0787. The largest absolute Gasteiger partial charge is 0.469 e. The topological polar surface area (TPSA) is 62.7 Å². The molecule has 0 spiro atoms. The number of hydrogen-bond donors (Lipinski definition) is 2. The highest BCUT2D eigenvalue weighted by Crippen LogP contribution is 2.18. The first-order chi connectivity index (χ1) is 11.7. The summed E-state index contributed by atoms with van der Waals surface area (Å²) in [7, 11) is 0. The molecule has 1 saturated carbocycles. The van der Waals surface area contributed by atoms with Gasteiger partial charge in [0.1, 0.15) is 17.3 Å². The molecule has 1 atom stereocenters. The van der Waals surface area contributed by atoms with Crippen molar-refractivity contribution in [2.45, 2.75) is 58.0 Å². The van der Waals surface area contributed by atoms with Crippen LogP contribution in [0.4, 0.5) is 0 Å². The fourth-order valence-corrected chi connectivity index (χ4v) is 3.09. The quantitative estimate of drug-likeness (QED) is 0.622. The Morgan fingerprint density at radius 1 is 1.29 bits per heavy atom. The maximum Gasteiger partial charge on any atom is 0.192 e. The Balaban J connectivity index is 1.61. The minimum absolute atomic E-state index is 0.0787. The summed E-state index contributed by atoms with van der Waals surface area (Å²) >= 11 is 0. The smallest absolute Gasteiger partial charge is 0.192 e. The Morgan fingerprint density at radius 3 is 2.79 bits per heavy atom. The zero-order chi connectivity index (χ0) is 16.8. The summed E-state index contributed by atoms with van der Waals surface area (Å²) in [6.07, 6.45) is 7.53. The van der Waals surface area contributed by atoms with Crippen molar-refractivity contribution in [1.29, 1.82) is 0 Å². The van der Waals surface area contributed by atoms with Gasteiger partial charge in [-0.25, -0.2) is 0 Å². The van der Waals surface area contributed by atoms with Crippen LogP contribution in [0, 0.1) is 6.92 Å². The molecule has 1 aliphatic rings. The lowest BCUT2D eigenvalue weighted by atomic mass is 10.2. The van der Waals surface area contributed by atoms with Crippen molar-refractivity contribution in [2.75, 3.05) is 6.54 Å². The molecule has 5 heteroatoms. The second-order valence-corrected chi connectivity index (χ2v) is 6.50. The van der Waals surface area contributed by atoms with E-state index in [2.05, 4.69) is 17.6 Å². The Bertz CT molecular complexity index is 639. The first-order valence-electron chi connectivity index (χ1n) is 8.87. The van der Waals surface area contributed by atoms with E-state index in [1.165, 1.54) is 25.7 Å². The number of guanidine groups is 1. The van der Waals surface area contributed by atoms with Gasteiger partial charge >= 0.3 is 0 Å². The van der Waals surface area contributed by atoms with Crippen LogP contribution in [0.2, 0.25) is 0 Å². The molecule has 0 amide bonds. The second-order valence-electron chi connectivity index (χ2n) is 6.50. The average Bonchev–Trinajstić information content (AvgIpc) is 3.29. The second kappa shape index (κ2) is 8.08. The molecule has 24 heavy (non-hydrogen) atoms. The van der Waals surface area contributed by atoms with E-state index in [1.54, 1.807) is 6.26 Å². The van der Waals surface area contributed by atoms with Crippen LogP contribution in [-0.2, 0) is 6.42 Å². The van der Waals surface area contributed by atoms with E-state index in [-0.39, 0.29) is 6.04 Å². The lowest BCUT2D eigenvalue weighted by Crippen LogP contribution is -2.43. The first kappa shape index (κ1) is 16.7. The number of nitrogens with one attached hydrogen (secondary N) is 2. The molecule has 2 heterocycles. The Morgan fingerprint density at radius 2 is 2.12 bits per heavy atom. The monoisotopic (exact) mass is 329 g/mol. The molecule has 0 bridgehead atoms. The van der Waals surface area contributed by atoms with E-state index in [0.29, 0.717) is 12.6 Å². The van der Waals surface area contributed by atoms with Gasteiger partial charge in [-0.3, -0.25) is 4.99 Å². The Hall–Kier alpha value is -2.17. The highest BCUT2D eigenvalue weighted by Gasteiger charge is 2.18. The van der Waals surface area contributed by atoms with Gasteiger partial charge in [-0.2, -0.15) is 0 Å². The Labute approximate surface area is 143 Å². The highest BCUT2D eigenvalue weighted by atomic mass is 16.3. The van der Waals surface area contributed by atoms with Gasteiger partial charge in [0.05, 0.1) is 12.3 Å². The number of rotatable bonds is 6. The summed E-state index contributed by atoms with van der Waals surface area (Å²) in [6.45, 7) is 4.75. The fraction of sp³-hybridized carbons (Fsp3) is 0.526. The summed E-state index contributed by atoms with van der Waals surface area (Å²) < 4.78 is 11.1. The molecule has 0 aromatic carbocycles. The summed E-state index contributed by atoms with van der Waals surface area (Å²) in [4.78, 5) is 4.73. The number of hydrogen-bond acceptors (Lipinski definition) is 3. The lowest BCUT2D eigenvalue weighted by Gasteiger charge is -2.20. The molecule has 5 nitrogen and oxygen atoms in total. The first-order valence-corrected chi connectivity index (χ1v) is 8.87. The molecule has 1 unspecified atom stereocenters. The molecule has 0 radical (unpaired) electrons. The van der Waals surface area contributed by atoms with Crippen molar-refractivity contribution < 1.29 is 8.83 Å². The predicted molar refractivity (Wildman–Crippen MR) is 95.1 cm³/mol. The number of aliphatic imine (C=N–C) groups is 1. The van der Waals surface area contributed by atoms with Crippen molar-refractivity contribution in [2.24, 2.45) is 4.99 Å². The van der Waals surface area contributed by atoms with Crippen molar-refractivity contribution >= 4 is 5.96 Å². The predicted octanol–water partition coefficient (Wildman–Crippen LogP) is 3.96. The minimum Gasteiger partial charge on any atom is -0.469 e.